The van der Waals surface area contributed by atoms with E-state index in [1.165, 1.54) is 24.3 Å². The van der Waals surface area contributed by atoms with E-state index in [2.05, 4.69) is 15.3 Å². The first-order valence-corrected chi connectivity index (χ1v) is 7.29. The average molecular weight is 331 g/mol. The fourth-order valence-corrected chi connectivity index (χ4v) is 2.15. The van der Waals surface area contributed by atoms with Crippen LogP contribution in [0.25, 0.3) is 11.4 Å². The first kappa shape index (κ1) is 15.9. The molecule has 0 fully saturated rings. The number of aromatic nitrogens is 3. The number of rotatable bonds is 5. The highest BCUT2D eigenvalue weighted by Gasteiger charge is 2.21. The van der Waals surface area contributed by atoms with E-state index in [9.17, 15) is 9.18 Å². The van der Waals surface area contributed by atoms with Crippen LogP contribution in [0.15, 0.2) is 33.3 Å². The Balaban J connectivity index is 1.68. The van der Waals surface area contributed by atoms with Crippen molar-refractivity contribution in [3.63, 3.8) is 0 Å². The maximum absolute atomic E-state index is 12.9. The van der Waals surface area contributed by atoms with E-state index in [0.29, 0.717) is 29.0 Å². The lowest BCUT2D eigenvalue weighted by Crippen LogP contribution is -2.08. The highest BCUT2D eigenvalue weighted by Crippen LogP contribution is 2.18. The third-order valence-electron chi connectivity index (χ3n) is 3.37. The lowest BCUT2D eigenvalue weighted by molar-refractivity contribution is 0.0426. The summed E-state index contributed by atoms with van der Waals surface area (Å²) in [5.41, 5.74) is 1.45. The molecule has 2 aromatic heterocycles. The molecule has 0 saturated carbocycles. The minimum Gasteiger partial charge on any atom is -0.452 e. The number of benzene rings is 1. The summed E-state index contributed by atoms with van der Waals surface area (Å²) in [4.78, 5) is 16.3. The second-order valence-corrected chi connectivity index (χ2v) is 5.01. The zero-order chi connectivity index (χ0) is 17.1. The SMILES string of the molecule is CCc1noc(C)c1C(=O)OCc1nc(-c2ccc(F)cc2)no1. The van der Waals surface area contributed by atoms with Gasteiger partial charge in [-0.25, -0.2) is 9.18 Å². The molecule has 0 radical (unpaired) electrons. The van der Waals surface area contributed by atoms with Crippen LogP contribution in [-0.4, -0.2) is 21.3 Å². The van der Waals surface area contributed by atoms with Gasteiger partial charge in [-0.2, -0.15) is 4.98 Å². The molecule has 0 bridgehead atoms. The number of aryl methyl sites for hydroxylation is 2. The van der Waals surface area contributed by atoms with E-state index in [0.717, 1.165) is 0 Å². The quantitative estimate of drug-likeness (QED) is 0.663. The van der Waals surface area contributed by atoms with Crippen molar-refractivity contribution >= 4 is 5.97 Å². The van der Waals surface area contributed by atoms with E-state index in [-0.39, 0.29) is 24.1 Å². The van der Waals surface area contributed by atoms with Crippen molar-refractivity contribution in [1.29, 1.82) is 0 Å². The Morgan fingerprint density at radius 1 is 1.21 bits per heavy atom. The van der Waals surface area contributed by atoms with Crippen molar-refractivity contribution in [3.8, 4) is 11.4 Å². The van der Waals surface area contributed by atoms with Crippen molar-refractivity contribution < 1.29 is 23.0 Å². The molecule has 0 amide bonds. The van der Waals surface area contributed by atoms with Gasteiger partial charge in [0.15, 0.2) is 6.61 Å². The van der Waals surface area contributed by atoms with Crippen molar-refractivity contribution in [2.45, 2.75) is 26.9 Å². The van der Waals surface area contributed by atoms with Crippen LogP contribution in [0.4, 0.5) is 4.39 Å². The van der Waals surface area contributed by atoms with Gasteiger partial charge in [0, 0.05) is 5.56 Å². The van der Waals surface area contributed by atoms with Gasteiger partial charge in [-0.3, -0.25) is 0 Å². The predicted octanol–water partition coefficient (Wildman–Crippen LogP) is 3.09. The van der Waals surface area contributed by atoms with Gasteiger partial charge in [0.25, 0.3) is 5.89 Å². The Morgan fingerprint density at radius 2 is 1.96 bits per heavy atom. The topological polar surface area (TPSA) is 91.2 Å². The summed E-state index contributed by atoms with van der Waals surface area (Å²) >= 11 is 0. The summed E-state index contributed by atoms with van der Waals surface area (Å²) in [5, 5.41) is 7.58. The summed E-state index contributed by atoms with van der Waals surface area (Å²) in [6.45, 7) is 3.32. The highest BCUT2D eigenvalue weighted by atomic mass is 19.1. The van der Waals surface area contributed by atoms with E-state index >= 15 is 0 Å². The van der Waals surface area contributed by atoms with Crippen LogP contribution in [0.1, 0.15) is 34.6 Å². The lowest BCUT2D eigenvalue weighted by Gasteiger charge is -2.01. The van der Waals surface area contributed by atoms with Crippen molar-refractivity contribution in [2.24, 2.45) is 0 Å². The molecule has 2 heterocycles. The van der Waals surface area contributed by atoms with Gasteiger partial charge in [-0.15, -0.1) is 0 Å². The van der Waals surface area contributed by atoms with Gasteiger partial charge in [0.1, 0.15) is 17.1 Å². The predicted molar refractivity (Wildman–Crippen MR) is 79.4 cm³/mol. The number of carbonyl (C=O) groups excluding carboxylic acids is 1. The van der Waals surface area contributed by atoms with E-state index in [1.54, 1.807) is 6.92 Å². The second kappa shape index (κ2) is 6.61. The van der Waals surface area contributed by atoms with Gasteiger partial charge in [0.2, 0.25) is 5.82 Å². The van der Waals surface area contributed by atoms with E-state index in [1.807, 2.05) is 6.92 Å². The van der Waals surface area contributed by atoms with Crippen LogP contribution in [0.5, 0.6) is 0 Å². The molecule has 24 heavy (non-hydrogen) atoms. The van der Waals surface area contributed by atoms with Crippen LogP contribution in [0.2, 0.25) is 0 Å². The lowest BCUT2D eigenvalue weighted by atomic mass is 10.1. The maximum Gasteiger partial charge on any atom is 0.344 e. The molecule has 0 saturated heterocycles. The van der Waals surface area contributed by atoms with Crippen molar-refractivity contribution in [2.75, 3.05) is 0 Å². The number of hydrogen-bond donors (Lipinski definition) is 0. The highest BCUT2D eigenvalue weighted by molar-refractivity contribution is 5.91. The molecule has 0 aliphatic heterocycles. The van der Waals surface area contributed by atoms with Crippen LogP contribution in [-0.2, 0) is 17.8 Å². The second-order valence-electron chi connectivity index (χ2n) is 5.01. The zero-order valence-electron chi connectivity index (χ0n) is 13.1. The minimum atomic E-state index is -0.563. The molecule has 0 aliphatic rings. The number of hydrogen-bond acceptors (Lipinski definition) is 7. The minimum absolute atomic E-state index is 0.134. The number of carbonyl (C=O) groups is 1. The molecule has 7 nitrogen and oxygen atoms in total. The molecule has 3 rings (SSSR count). The summed E-state index contributed by atoms with van der Waals surface area (Å²) in [5.74, 6) is -0.0972. The van der Waals surface area contributed by atoms with Crippen LogP contribution in [0, 0.1) is 12.7 Å². The van der Waals surface area contributed by atoms with Gasteiger partial charge in [-0.1, -0.05) is 17.2 Å². The normalized spacial score (nSPS) is 10.8. The Bertz CT molecular complexity index is 855. The van der Waals surface area contributed by atoms with Crippen molar-refractivity contribution in [3.05, 3.63) is 53.0 Å². The molecule has 0 aliphatic carbocycles. The van der Waals surface area contributed by atoms with Crippen molar-refractivity contribution in [1.82, 2.24) is 15.3 Å². The smallest absolute Gasteiger partial charge is 0.344 e. The number of nitrogens with zero attached hydrogens (tertiary/aromatic N) is 3. The fourth-order valence-electron chi connectivity index (χ4n) is 2.15. The third kappa shape index (κ3) is 3.17. The zero-order valence-corrected chi connectivity index (χ0v) is 13.1. The average Bonchev–Trinajstić information content (AvgIpc) is 3.20. The standard InChI is InChI=1S/C16H14FN3O4/c1-3-12-14(9(2)23-19-12)16(21)22-8-13-18-15(20-24-13)10-4-6-11(17)7-5-10/h4-7H,3,8H2,1-2H3. The number of ether oxygens (including phenoxy) is 1. The molecule has 0 unspecified atom stereocenters. The molecule has 0 N–H and O–H groups in total. The molecule has 0 atom stereocenters. The van der Waals surface area contributed by atoms with Crippen LogP contribution < -0.4 is 0 Å². The maximum atomic E-state index is 12.9. The third-order valence-corrected chi connectivity index (χ3v) is 3.37. The van der Waals surface area contributed by atoms with Crippen LogP contribution in [0.3, 0.4) is 0 Å². The summed E-state index contributed by atoms with van der Waals surface area (Å²) < 4.78 is 28.1. The molecule has 124 valence electrons. The summed E-state index contributed by atoms with van der Waals surface area (Å²) in [6, 6.07) is 5.66. The van der Waals surface area contributed by atoms with E-state index < -0.39 is 5.97 Å². The number of esters is 1. The molecule has 1 aromatic carbocycles. The molecular formula is C16H14FN3O4. The van der Waals surface area contributed by atoms with E-state index in [4.69, 9.17) is 13.8 Å². The summed E-state index contributed by atoms with van der Waals surface area (Å²) in [7, 11) is 0. The molecular weight excluding hydrogens is 317 g/mol. The largest absolute Gasteiger partial charge is 0.452 e. The molecule has 8 heteroatoms. The first-order chi connectivity index (χ1) is 11.6. The number of halogens is 1. The van der Waals surface area contributed by atoms with Crippen LogP contribution >= 0.6 is 0 Å². The van der Waals surface area contributed by atoms with Gasteiger partial charge in [-0.05, 0) is 37.6 Å². The fraction of sp³-hybridized carbons (Fsp3) is 0.250. The Kier molecular flexibility index (Phi) is 4.37. The first-order valence-electron chi connectivity index (χ1n) is 7.29. The van der Waals surface area contributed by atoms with Gasteiger partial charge in [0.05, 0.1) is 5.69 Å². The molecule has 3 aromatic rings. The van der Waals surface area contributed by atoms with Gasteiger partial charge < -0.3 is 13.8 Å². The molecule has 0 spiro atoms. The Hall–Kier alpha value is -3.03. The summed E-state index contributed by atoms with van der Waals surface area (Å²) in [6.07, 6.45) is 0.553. The monoisotopic (exact) mass is 331 g/mol. The Labute approximate surface area is 136 Å². The van der Waals surface area contributed by atoms with Gasteiger partial charge >= 0.3 is 5.97 Å². The Morgan fingerprint density at radius 3 is 2.67 bits per heavy atom.